The maximum atomic E-state index is 11.3. The van der Waals surface area contributed by atoms with Crippen molar-refractivity contribution < 1.29 is 14.4 Å². The number of benzene rings is 2. The smallest absolute Gasteiger partial charge is 0.145 e. The summed E-state index contributed by atoms with van der Waals surface area (Å²) in [5.74, 6) is 1.27. The third kappa shape index (κ3) is 4.16. The lowest BCUT2D eigenvalue weighted by molar-refractivity contribution is -0.0640. The summed E-state index contributed by atoms with van der Waals surface area (Å²) in [6.45, 7) is 0.385. The molecule has 2 aliphatic rings. The number of halogens is 2. The zero-order valence-corrected chi connectivity index (χ0v) is 20.8. The van der Waals surface area contributed by atoms with Crippen LogP contribution < -0.4 is 0 Å². The quantitative estimate of drug-likeness (QED) is 0.288. The van der Waals surface area contributed by atoms with Gasteiger partial charge in [0, 0.05) is 17.0 Å². The third-order valence-corrected chi connectivity index (χ3v) is 8.74. The zero-order chi connectivity index (χ0) is 23.3. The molecule has 1 N–H and O–H groups in total. The molecule has 0 radical (unpaired) electrons. The molecule has 0 unspecified atom stereocenters. The summed E-state index contributed by atoms with van der Waals surface area (Å²) in [7, 11) is 0. The van der Waals surface area contributed by atoms with Gasteiger partial charge in [-0.25, -0.2) is 4.98 Å². The van der Waals surface area contributed by atoms with Crippen LogP contribution in [0.3, 0.4) is 0 Å². The van der Waals surface area contributed by atoms with E-state index in [0.29, 0.717) is 46.7 Å². The molecule has 2 aromatic carbocycles. The van der Waals surface area contributed by atoms with Gasteiger partial charge in [-0.05, 0) is 62.8 Å². The fourth-order valence-corrected chi connectivity index (χ4v) is 6.46. The molecular weight excluding hydrogens is 491 g/mol. The second-order valence-corrected chi connectivity index (χ2v) is 11.1. The van der Waals surface area contributed by atoms with E-state index in [9.17, 15) is 5.11 Å². The number of aliphatic hydroxyl groups is 1. The minimum absolute atomic E-state index is 0.0474. The number of fused-ring (bicyclic) bond motifs is 1. The van der Waals surface area contributed by atoms with Gasteiger partial charge in [-0.15, -0.1) is 11.3 Å². The van der Waals surface area contributed by atoms with E-state index >= 15 is 0 Å². The summed E-state index contributed by atoms with van der Waals surface area (Å²) in [5, 5.41) is 17.6. The molecule has 2 aromatic heterocycles. The van der Waals surface area contributed by atoms with Gasteiger partial charge < -0.3 is 14.4 Å². The molecule has 2 saturated carbocycles. The fourth-order valence-electron chi connectivity index (χ4n) is 4.77. The van der Waals surface area contributed by atoms with Gasteiger partial charge in [0.1, 0.15) is 22.1 Å². The van der Waals surface area contributed by atoms with Gasteiger partial charge in [-0.2, -0.15) is 0 Å². The maximum Gasteiger partial charge on any atom is 0.145 e. The van der Waals surface area contributed by atoms with Gasteiger partial charge in [0.25, 0.3) is 0 Å². The van der Waals surface area contributed by atoms with Gasteiger partial charge in [-0.1, -0.05) is 46.6 Å². The first-order valence-electron chi connectivity index (χ1n) is 11.6. The molecular formula is C26H24Cl2N2O3S. The van der Waals surface area contributed by atoms with E-state index in [-0.39, 0.29) is 6.10 Å². The summed E-state index contributed by atoms with van der Waals surface area (Å²) in [5.41, 5.74) is 2.34. The lowest BCUT2D eigenvalue weighted by atomic mass is 9.83. The van der Waals surface area contributed by atoms with Crippen molar-refractivity contribution in [3.8, 4) is 11.3 Å². The average Bonchev–Trinajstić information content (AvgIpc) is 3.44. The zero-order valence-electron chi connectivity index (χ0n) is 18.5. The van der Waals surface area contributed by atoms with E-state index in [0.717, 1.165) is 52.2 Å². The normalized spacial score (nSPS) is 23.0. The molecule has 6 rings (SSSR count). The van der Waals surface area contributed by atoms with Crippen LogP contribution in [0.15, 0.2) is 47.0 Å². The van der Waals surface area contributed by atoms with Crippen LogP contribution in [0.25, 0.3) is 21.5 Å². The largest absolute Gasteiger partial charge is 0.383 e. The minimum atomic E-state index is -0.893. The summed E-state index contributed by atoms with van der Waals surface area (Å²) in [6, 6.07) is 13.5. The van der Waals surface area contributed by atoms with Crippen LogP contribution in [0.2, 0.25) is 10.0 Å². The first-order chi connectivity index (χ1) is 16.5. The molecule has 8 heteroatoms. The number of hydrogen-bond donors (Lipinski definition) is 1. The molecule has 0 amide bonds. The maximum absolute atomic E-state index is 11.3. The molecule has 2 fully saturated rings. The van der Waals surface area contributed by atoms with Crippen LogP contribution in [-0.2, 0) is 16.9 Å². The van der Waals surface area contributed by atoms with Crippen LogP contribution in [0.1, 0.15) is 60.8 Å². The second-order valence-electron chi connectivity index (χ2n) is 9.27. The first-order valence-corrected chi connectivity index (χ1v) is 13.2. The Morgan fingerprint density at radius 2 is 1.76 bits per heavy atom. The highest BCUT2D eigenvalue weighted by Crippen LogP contribution is 2.47. The van der Waals surface area contributed by atoms with Crippen LogP contribution >= 0.6 is 34.5 Å². The van der Waals surface area contributed by atoms with Crippen LogP contribution in [0, 0.1) is 0 Å². The van der Waals surface area contributed by atoms with Crippen molar-refractivity contribution in [2.45, 2.75) is 62.8 Å². The van der Waals surface area contributed by atoms with Gasteiger partial charge in [0.05, 0.1) is 33.0 Å². The van der Waals surface area contributed by atoms with E-state index in [2.05, 4.69) is 5.16 Å². The summed E-state index contributed by atoms with van der Waals surface area (Å²) >= 11 is 14.5. The Morgan fingerprint density at radius 3 is 2.47 bits per heavy atom. The topological polar surface area (TPSA) is 68.4 Å². The van der Waals surface area contributed by atoms with Crippen molar-refractivity contribution in [1.29, 1.82) is 0 Å². The SMILES string of the molecule is O[C@]1(c2nc3ccccc3s2)CC[C@H](OCc2c(-c3c(Cl)cccc3Cl)noc2C2CC2)CC1. The predicted octanol–water partition coefficient (Wildman–Crippen LogP) is 7.48. The third-order valence-electron chi connectivity index (χ3n) is 6.88. The average molecular weight is 515 g/mol. The number of nitrogens with zero attached hydrogens (tertiary/aromatic N) is 2. The summed E-state index contributed by atoms with van der Waals surface area (Å²) < 4.78 is 13.2. The molecule has 5 nitrogen and oxygen atoms in total. The number of para-hydroxylation sites is 1. The van der Waals surface area contributed by atoms with E-state index in [1.807, 2.05) is 42.5 Å². The van der Waals surface area contributed by atoms with Crippen molar-refractivity contribution in [2.24, 2.45) is 0 Å². The Bertz CT molecular complexity index is 1290. The number of thiazole rings is 1. The molecule has 0 bridgehead atoms. The molecule has 4 aromatic rings. The molecule has 2 heterocycles. The van der Waals surface area contributed by atoms with Crippen molar-refractivity contribution in [2.75, 3.05) is 0 Å². The molecule has 2 aliphatic carbocycles. The standard InChI is InChI=1S/C26H24Cl2N2O3S/c27-18-4-3-5-19(28)22(18)23-17(24(33-30-23)15-8-9-15)14-32-16-10-12-26(31,13-11-16)25-29-20-6-1-2-7-21(20)34-25/h1-7,15-16,31H,8-14H2/t16-,26+. The Morgan fingerprint density at radius 1 is 1.03 bits per heavy atom. The Kier molecular flexibility index (Phi) is 5.90. The molecule has 0 spiro atoms. The van der Waals surface area contributed by atoms with E-state index < -0.39 is 5.60 Å². The number of ether oxygens (including phenoxy) is 1. The Labute approximate surface area is 211 Å². The van der Waals surface area contributed by atoms with Crippen LogP contribution in [0.4, 0.5) is 0 Å². The van der Waals surface area contributed by atoms with E-state index in [1.165, 1.54) is 0 Å². The molecule has 176 valence electrons. The van der Waals surface area contributed by atoms with Gasteiger partial charge in [-0.3, -0.25) is 0 Å². The highest BCUT2D eigenvalue weighted by atomic mass is 35.5. The summed E-state index contributed by atoms with van der Waals surface area (Å²) in [6.07, 6.45) is 5.01. The first kappa shape index (κ1) is 22.5. The molecule has 0 saturated heterocycles. The predicted molar refractivity (Wildman–Crippen MR) is 134 cm³/mol. The lowest BCUT2D eigenvalue weighted by Crippen LogP contribution is -2.34. The second kappa shape index (κ2) is 8.92. The van der Waals surface area contributed by atoms with Crippen molar-refractivity contribution >= 4 is 44.8 Å². The highest BCUT2D eigenvalue weighted by molar-refractivity contribution is 7.18. The van der Waals surface area contributed by atoms with Crippen LogP contribution in [-0.4, -0.2) is 21.4 Å². The van der Waals surface area contributed by atoms with Gasteiger partial charge in [0.2, 0.25) is 0 Å². The summed E-state index contributed by atoms with van der Waals surface area (Å²) in [4.78, 5) is 4.70. The van der Waals surface area contributed by atoms with E-state index in [4.69, 9.17) is 37.4 Å². The highest BCUT2D eigenvalue weighted by Gasteiger charge is 2.39. The van der Waals surface area contributed by atoms with Crippen molar-refractivity contribution in [1.82, 2.24) is 10.1 Å². The number of aromatic nitrogens is 2. The van der Waals surface area contributed by atoms with Crippen molar-refractivity contribution in [3.63, 3.8) is 0 Å². The molecule has 0 aliphatic heterocycles. The lowest BCUT2D eigenvalue weighted by Gasteiger charge is -2.34. The van der Waals surface area contributed by atoms with Crippen LogP contribution in [0.5, 0.6) is 0 Å². The monoisotopic (exact) mass is 514 g/mol. The van der Waals surface area contributed by atoms with Crippen molar-refractivity contribution in [3.05, 3.63) is 68.8 Å². The minimum Gasteiger partial charge on any atom is -0.383 e. The Balaban J connectivity index is 1.18. The van der Waals surface area contributed by atoms with E-state index in [1.54, 1.807) is 11.3 Å². The molecule has 34 heavy (non-hydrogen) atoms. The molecule has 0 atom stereocenters. The number of hydrogen-bond acceptors (Lipinski definition) is 6. The number of rotatable bonds is 6. The Hall–Kier alpha value is -1.96. The van der Waals surface area contributed by atoms with Gasteiger partial charge >= 0.3 is 0 Å². The fraction of sp³-hybridized carbons (Fsp3) is 0.385. The van der Waals surface area contributed by atoms with Gasteiger partial charge in [0.15, 0.2) is 0 Å².